The van der Waals surface area contributed by atoms with Crippen LogP contribution < -0.4 is 5.32 Å². The summed E-state index contributed by atoms with van der Waals surface area (Å²) < 4.78 is 0. The molecule has 1 N–H and O–H groups in total. The van der Waals surface area contributed by atoms with Crippen LogP contribution in [0.3, 0.4) is 0 Å². The van der Waals surface area contributed by atoms with E-state index in [-0.39, 0.29) is 11.8 Å². The lowest BCUT2D eigenvalue weighted by Crippen LogP contribution is -2.52. The number of nitrogens with one attached hydrogen (secondary N) is 1. The molecule has 0 aromatic heterocycles. The number of carbonyl (C=O) groups is 1. The van der Waals surface area contributed by atoms with Gasteiger partial charge in [0.15, 0.2) is 0 Å². The van der Waals surface area contributed by atoms with Crippen LogP contribution in [0.5, 0.6) is 0 Å². The Morgan fingerprint density at radius 1 is 1.24 bits per heavy atom. The number of hydrogen-bond donors (Lipinski definition) is 1. The first kappa shape index (κ1) is 16.0. The lowest BCUT2D eigenvalue weighted by Gasteiger charge is -2.34. The minimum Gasteiger partial charge on any atom is -0.337 e. The van der Waals surface area contributed by atoms with Crippen LogP contribution in [0.1, 0.15) is 57.1 Å². The zero-order valence-electron chi connectivity index (χ0n) is 13.7. The van der Waals surface area contributed by atoms with E-state index in [1.165, 1.54) is 11.1 Å². The normalized spacial score (nSPS) is 20.6. The molecule has 21 heavy (non-hydrogen) atoms. The molecule has 0 spiro atoms. The van der Waals surface area contributed by atoms with Crippen molar-refractivity contribution in [3.05, 3.63) is 35.4 Å². The van der Waals surface area contributed by atoms with Gasteiger partial charge in [0.25, 0.3) is 0 Å². The van der Waals surface area contributed by atoms with Crippen LogP contribution in [0.2, 0.25) is 0 Å². The summed E-state index contributed by atoms with van der Waals surface area (Å²) in [5.74, 6) is 1.11. The lowest BCUT2D eigenvalue weighted by molar-refractivity contribution is -0.134. The molecule has 1 aliphatic rings. The summed E-state index contributed by atoms with van der Waals surface area (Å²) >= 11 is 0. The maximum Gasteiger partial charge on any atom is 0.223 e. The van der Waals surface area contributed by atoms with Crippen molar-refractivity contribution in [1.82, 2.24) is 10.2 Å². The molecule has 1 heterocycles. The Bertz CT molecular complexity index is 467. The number of amides is 1. The summed E-state index contributed by atoms with van der Waals surface area (Å²) in [6.07, 6.45) is 0.603. The number of hydrogen-bond acceptors (Lipinski definition) is 2. The Labute approximate surface area is 128 Å². The Morgan fingerprint density at radius 3 is 2.43 bits per heavy atom. The van der Waals surface area contributed by atoms with Gasteiger partial charge in [-0.15, -0.1) is 0 Å². The smallest absolute Gasteiger partial charge is 0.223 e. The molecule has 0 aliphatic carbocycles. The quantitative estimate of drug-likeness (QED) is 0.923. The highest BCUT2D eigenvalue weighted by Gasteiger charge is 2.24. The third kappa shape index (κ3) is 4.07. The van der Waals surface area contributed by atoms with Gasteiger partial charge in [0.1, 0.15) is 0 Å². The van der Waals surface area contributed by atoms with E-state index >= 15 is 0 Å². The van der Waals surface area contributed by atoms with Gasteiger partial charge in [-0.3, -0.25) is 4.79 Å². The van der Waals surface area contributed by atoms with Crippen molar-refractivity contribution in [1.29, 1.82) is 0 Å². The van der Waals surface area contributed by atoms with Crippen molar-refractivity contribution in [2.24, 2.45) is 0 Å². The Balaban J connectivity index is 1.96. The van der Waals surface area contributed by atoms with Crippen molar-refractivity contribution in [2.75, 3.05) is 19.6 Å². The van der Waals surface area contributed by atoms with Gasteiger partial charge in [-0.1, -0.05) is 45.0 Å². The van der Waals surface area contributed by atoms with E-state index in [1.807, 2.05) is 4.90 Å². The Kier molecular flexibility index (Phi) is 5.40. The summed E-state index contributed by atoms with van der Waals surface area (Å²) in [7, 11) is 0. The van der Waals surface area contributed by atoms with Crippen LogP contribution in [0.25, 0.3) is 0 Å². The van der Waals surface area contributed by atoms with Gasteiger partial charge in [-0.25, -0.2) is 0 Å². The molecule has 0 saturated carbocycles. The fourth-order valence-electron chi connectivity index (χ4n) is 2.92. The maximum absolute atomic E-state index is 12.5. The molecule has 1 aliphatic heterocycles. The van der Waals surface area contributed by atoms with Gasteiger partial charge < -0.3 is 10.2 Å². The first-order valence-corrected chi connectivity index (χ1v) is 8.09. The topological polar surface area (TPSA) is 32.3 Å². The molecule has 1 unspecified atom stereocenters. The highest BCUT2D eigenvalue weighted by atomic mass is 16.2. The van der Waals surface area contributed by atoms with E-state index in [1.54, 1.807) is 0 Å². The number of rotatable bonds is 4. The molecule has 3 heteroatoms. The maximum atomic E-state index is 12.5. The molecule has 1 aromatic carbocycles. The van der Waals surface area contributed by atoms with Gasteiger partial charge in [-0.2, -0.15) is 0 Å². The molecule has 0 radical (unpaired) electrons. The van der Waals surface area contributed by atoms with Crippen LogP contribution in [0.4, 0.5) is 0 Å². The molecule has 1 amide bonds. The molecule has 116 valence electrons. The van der Waals surface area contributed by atoms with Crippen molar-refractivity contribution in [3.63, 3.8) is 0 Å². The van der Waals surface area contributed by atoms with Crippen molar-refractivity contribution < 1.29 is 4.79 Å². The molecule has 2 rings (SSSR count). The van der Waals surface area contributed by atoms with E-state index in [9.17, 15) is 4.79 Å². The van der Waals surface area contributed by atoms with E-state index in [4.69, 9.17) is 0 Å². The Morgan fingerprint density at radius 2 is 1.86 bits per heavy atom. The predicted molar refractivity (Wildman–Crippen MR) is 87.6 cm³/mol. The third-order valence-corrected chi connectivity index (χ3v) is 4.47. The van der Waals surface area contributed by atoms with E-state index in [2.05, 4.69) is 57.3 Å². The SMILES string of the molecule is CC(C)c1ccc(C(C)CC(=O)N2CCNC[C@@H]2C)cc1. The zero-order valence-corrected chi connectivity index (χ0v) is 13.7. The molecule has 3 nitrogen and oxygen atoms in total. The van der Waals surface area contributed by atoms with Crippen LogP contribution in [0.15, 0.2) is 24.3 Å². The largest absolute Gasteiger partial charge is 0.337 e. The fourth-order valence-corrected chi connectivity index (χ4v) is 2.92. The first-order valence-electron chi connectivity index (χ1n) is 8.09. The Hall–Kier alpha value is -1.35. The van der Waals surface area contributed by atoms with Gasteiger partial charge in [0.05, 0.1) is 0 Å². The van der Waals surface area contributed by atoms with Gasteiger partial charge >= 0.3 is 0 Å². The molecule has 0 bridgehead atoms. The molecule has 1 saturated heterocycles. The van der Waals surface area contributed by atoms with Crippen LogP contribution in [0, 0.1) is 0 Å². The minimum absolute atomic E-state index is 0.279. The van der Waals surface area contributed by atoms with Crippen molar-refractivity contribution >= 4 is 5.91 Å². The van der Waals surface area contributed by atoms with Crippen LogP contribution in [-0.4, -0.2) is 36.5 Å². The summed E-state index contributed by atoms with van der Waals surface area (Å²) in [6.45, 7) is 11.3. The van der Waals surface area contributed by atoms with Crippen molar-refractivity contribution in [3.8, 4) is 0 Å². The van der Waals surface area contributed by atoms with Gasteiger partial charge in [0, 0.05) is 32.1 Å². The lowest BCUT2D eigenvalue weighted by atomic mass is 9.93. The molecular weight excluding hydrogens is 260 g/mol. The molecule has 1 aromatic rings. The predicted octanol–water partition coefficient (Wildman–Crippen LogP) is 3.12. The van der Waals surface area contributed by atoms with Crippen LogP contribution in [-0.2, 0) is 4.79 Å². The summed E-state index contributed by atoms with van der Waals surface area (Å²) in [5.41, 5.74) is 2.61. The highest BCUT2D eigenvalue weighted by molar-refractivity contribution is 5.77. The van der Waals surface area contributed by atoms with Crippen molar-refractivity contribution in [2.45, 2.75) is 52.0 Å². The number of nitrogens with zero attached hydrogens (tertiary/aromatic N) is 1. The average Bonchev–Trinajstić information content (AvgIpc) is 2.47. The molecule has 1 fully saturated rings. The monoisotopic (exact) mass is 288 g/mol. The second-order valence-corrected chi connectivity index (χ2v) is 6.57. The number of piperazine rings is 1. The van der Waals surface area contributed by atoms with E-state index in [0.29, 0.717) is 18.4 Å². The average molecular weight is 288 g/mol. The number of benzene rings is 1. The molecule has 2 atom stereocenters. The highest BCUT2D eigenvalue weighted by Crippen LogP contribution is 2.23. The third-order valence-electron chi connectivity index (χ3n) is 4.47. The summed E-state index contributed by atoms with van der Waals surface area (Å²) in [6, 6.07) is 9.04. The van der Waals surface area contributed by atoms with Crippen LogP contribution >= 0.6 is 0 Å². The first-order chi connectivity index (χ1) is 9.99. The second kappa shape index (κ2) is 7.08. The van der Waals surface area contributed by atoms with Gasteiger partial charge in [-0.05, 0) is 29.9 Å². The van der Waals surface area contributed by atoms with E-state index < -0.39 is 0 Å². The zero-order chi connectivity index (χ0) is 15.4. The molecular formula is C18H28N2O. The minimum atomic E-state index is 0.279. The number of carbonyl (C=O) groups excluding carboxylic acids is 1. The van der Waals surface area contributed by atoms with Gasteiger partial charge in [0.2, 0.25) is 5.91 Å². The second-order valence-electron chi connectivity index (χ2n) is 6.57. The van der Waals surface area contributed by atoms with E-state index in [0.717, 1.165) is 19.6 Å². The standard InChI is InChI=1S/C18H28N2O/c1-13(2)16-5-7-17(8-6-16)14(3)11-18(21)20-10-9-19-12-15(20)4/h5-8,13-15,19H,9-12H2,1-4H3/t14?,15-/m0/s1. The summed E-state index contributed by atoms with van der Waals surface area (Å²) in [5, 5.41) is 3.33. The summed E-state index contributed by atoms with van der Waals surface area (Å²) in [4.78, 5) is 14.5. The fraction of sp³-hybridized carbons (Fsp3) is 0.611.